The molecule has 2 atom stereocenters. The number of rotatable bonds is 2. The van der Waals surface area contributed by atoms with Gasteiger partial charge in [-0.2, -0.15) is 0 Å². The van der Waals surface area contributed by atoms with Crippen LogP contribution in [-0.2, 0) is 4.74 Å². The molecule has 0 saturated carbocycles. The predicted molar refractivity (Wildman–Crippen MR) is 102 cm³/mol. The minimum Gasteiger partial charge on any atom is -0.444 e. The average Bonchev–Trinajstić information content (AvgIpc) is 3.06. The summed E-state index contributed by atoms with van der Waals surface area (Å²) < 4.78 is 7.50. The highest BCUT2D eigenvalue weighted by Gasteiger charge is 2.44. The van der Waals surface area contributed by atoms with Crippen LogP contribution in [0.4, 0.5) is 4.79 Å². The predicted octanol–water partition coefficient (Wildman–Crippen LogP) is 4.09. The Kier molecular flexibility index (Phi) is 4.44. The highest BCUT2D eigenvalue weighted by Crippen LogP contribution is 2.39. The van der Waals surface area contributed by atoms with Gasteiger partial charge in [0.05, 0.1) is 0 Å². The van der Waals surface area contributed by atoms with E-state index in [2.05, 4.69) is 4.98 Å². The summed E-state index contributed by atoms with van der Waals surface area (Å²) in [6.45, 7) is 5.68. The Balaban J connectivity index is 1.52. The molecule has 144 valence electrons. The zero-order valence-corrected chi connectivity index (χ0v) is 16.2. The van der Waals surface area contributed by atoms with Crippen LogP contribution >= 0.6 is 0 Å². The van der Waals surface area contributed by atoms with Gasteiger partial charge in [-0.3, -0.25) is 4.79 Å². The molecule has 0 radical (unpaired) electrons. The third kappa shape index (κ3) is 3.57. The first-order chi connectivity index (χ1) is 12.8. The molecule has 4 heterocycles. The third-order valence-corrected chi connectivity index (χ3v) is 5.62. The first kappa shape index (κ1) is 18.0. The lowest BCUT2D eigenvalue weighted by atomic mass is 9.76. The second-order valence-electron chi connectivity index (χ2n) is 8.77. The molecule has 2 aromatic heterocycles. The fourth-order valence-corrected chi connectivity index (χ4v) is 4.51. The zero-order chi connectivity index (χ0) is 19.2. The van der Waals surface area contributed by atoms with Gasteiger partial charge in [0.1, 0.15) is 11.2 Å². The van der Waals surface area contributed by atoms with Crippen LogP contribution in [0.2, 0.25) is 0 Å². The molecule has 0 spiro atoms. The van der Waals surface area contributed by atoms with E-state index in [1.165, 1.54) is 0 Å². The van der Waals surface area contributed by atoms with Crippen LogP contribution < -0.4 is 0 Å². The summed E-state index contributed by atoms with van der Waals surface area (Å²) in [6.07, 6.45) is 9.65. The molecule has 1 amide bonds. The molecular weight excluding hydrogens is 342 g/mol. The lowest BCUT2D eigenvalue weighted by Crippen LogP contribution is -2.56. The number of hydrogen-bond donors (Lipinski definition) is 0. The summed E-state index contributed by atoms with van der Waals surface area (Å²) in [4.78, 5) is 32.0. The second kappa shape index (κ2) is 6.66. The number of amides is 1. The molecular formula is C21H27N3O3. The largest absolute Gasteiger partial charge is 0.444 e. The first-order valence-electron chi connectivity index (χ1n) is 9.80. The lowest BCUT2D eigenvalue weighted by Gasteiger charge is -2.48. The van der Waals surface area contributed by atoms with Gasteiger partial charge >= 0.3 is 6.09 Å². The van der Waals surface area contributed by atoms with E-state index in [0.717, 1.165) is 37.8 Å². The number of fused-ring (bicyclic) bond motifs is 3. The number of carbonyl (C=O) groups is 2. The maximum Gasteiger partial charge on any atom is 0.410 e. The Morgan fingerprint density at radius 3 is 2.52 bits per heavy atom. The van der Waals surface area contributed by atoms with Gasteiger partial charge in [0.2, 0.25) is 0 Å². The van der Waals surface area contributed by atoms with Crippen molar-refractivity contribution in [3.05, 3.63) is 36.3 Å². The SMILES string of the molecule is CC(C)(C)OC(=O)N1C2CCCC1CC(C(=O)c1ccc3nccn3c1)C2. The van der Waals surface area contributed by atoms with E-state index in [-0.39, 0.29) is 29.9 Å². The average molecular weight is 369 g/mol. The van der Waals surface area contributed by atoms with Gasteiger partial charge in [0.25, 0.3) is 0 Å². The summed E-state index contributed by atoms with van der Waals surface area (Å²) in [6, 6.07) is 3.93. The van der Waals surface area contributed by atoms with Crippen molar-refractivity contribution in [1.29, 1.82) is 0 Å². The minimum atomic E-state index is -0.502. The van der Waals surface area contributed by atoms with Crippen LogP contribution in [-0.4, -0.2) is 43.8 Å². The molecule has 2 unspecified atom stereocenters. The van der Waals surface area contributed by atoms with Crippen molar-refractivity contribution in [2.24, 2.45) is 5.92 Å². The van der Waals surface area contributed by atoms with Crippen molar-refractivity contribution < 1.29 is 14.3 Å². The van der Waals surface area contributed by atoms with Crippen molar-refractivity contribution >= 4 is 17.5 Å². The van der Waals surface area contributed by atoms with E-state index in [1.807, 2.05) is 54.6 Å². The van der Waals surface area contributed by atoms with Crippen molar-refractivity contribution in [3.8, 4) is 0 Å². The molecule has 27 heavy (non-hydrogen) atoms. The number of hydrogen-bond acceptors (Lipinski definition) is 4. The first-order valence-corrected chi connectivity index (χ1v) is 9.80. The molecule has 2 bridgehead atoms. The summed E-state index contributed by atoms with van der Waals surface area (Å²) in [5.41, 5.74) is 1.05. The Labute approximate surface area is 159 Å². The minimum absolute atomic E-state index is 0.0417. The molecule has 2 saturated heterocycles. The molecule has 2 aliphatic heterocycles. The molecule has 6 nitrogen and oxygen atoms in total. The number of pyridine rings is 1. The maximum atomic E-state index is 13.1. The van der Waals surface area contributed by atoms with E-state index in [1.54, 1.807) is 6.20 Å². The van der Waals surface area contributed by atoms with Crippen LogP contribution in [0.15, 0.2) is 30.7 Å². The molecule has 4 rings (SSSR count). The summed E-state index contributed by atoms with van der Waals surface area (Å²) in [5, 5.41) is 0. The highest BCUT2D eigenvalue weighted by atomic mass is 16.6. The van der Waals surface area contributed by atoms with Crippen LogP contribution in [0.3, 0.4) is 0 Å². The van der Waals surface area contributed by atoms with Gasteiger partial charge < -0.3 is 14.0 Å². The zero-order valence-electron chi connectivity index (χ0n) is 16.2. The second-order valence-corrected chi connectivity index (χ2v) is 8.77. The van der Waals surface area contributed by atoms with E-state index in [0.29, 0.717) is 5.56 Å². The van der Waals surface area contributed by atoms with Crippen LogP contribution in [0.5, 0.6) is 0 Å². The molecule has 2 fully saturated rings. The quantitative estimate of drug-likeness (QED) is 0.748. The van der Waals surface area contributed by atoms with Crippen molar-refractivity contribution in [1.82, 2.24) is 14.3 Å². The molecule has 0 N–H and O–H groups in total. The Bertz CT molecular complexity index is 853. The molecule has 0 aromatic carbocycles. The smallest absolute Gasteiger partial charge is 0.410 e. The van der Waals surface area contributed by atoms with Crippen LogP contribution in [0.25, 0.3) is 5.65 Å². The van der Waals surface area contributed by atoms with E-state index >= 15 is 0 Å². The fourth-order valence-electron chi connectivity index (χ4n) is 4.51. The normalized spacial score (nSPS) is 25.4. The van der Waals surface area contributed by atoms with Crippen molar-refractivity contribution in [3.63, 3.8) is 0 Å². The molecule has 0 aliphatic carbocycles. The van der Waals surface area contributed by atoms with Gasteiger partial charge in [-0.05, 0) is 65.0 Å². The third-order valence-electron chi connectivity index (χ3n) is 5.62. The molecule has 2 aliphatic rings. The Morgan fingerprint density at radius 2 is 1.85 bits per heavy atom. The van der Waals surface area contributed by atoms with Gasteiger partial charge in [0, 0.05) is 42.2 Å². The van der Waals surface area contributed by atoms with E-state index in [9.17, 15) is 9.59 Å². The van der Waals surface area contributed by atoms with Gasteiger partial charge in [0.15, 0.2) is 5.78 Å². The number of ether oxygens (including phenoxy) is 1. The summed E-state index contributed by atoms with van der Waals surface area (Å²) >= 11 is 0. The van der Waals surface area contributed by atoms with Crippen LogP contribution in [0.1, 0.15) is 63.2 Å². The molecule has 6 heteroatoms. The number of piperidine rings is 2. The van der Waals surface area contributed by atoms with Crippen LogP contribution in [0, 0.1) is 5.92 Å². The van der Waals surface area contributed by atoms with Gasteiger partial charge in [-0.15, -0.1) is 0 Å². The number of aromatic nitrogens is 2. The summed E-state index contributed by atoms with van der Waals surface area (Å²) in [7, 11) is 0. The number of nitrogens with zero attached hydrogens (tertiary/aromatic N) is 3. The van der Waals surface area contributed by atoms with Gasteiger partial charge in [-0.1, -0.05) is 0 Å². The molecule has 2 aromatic rings. The summed E-state index contributed by atoms with van der Waals surface area (Å²) in [5.74, 6) is 0.131. The number of Topliss-reactive ketones (excluding diaryl/α,β-unsaturated/α-hetero) is 1. The standard InChI is InChI=1S/C21H27N3O3/c1-21(2,3)27-20(26)24-16-5-4-6-17(24)12-15(11-16)19(25)14-7-8-18-22-9-10-23(18)13-14/h7-10,13,15-17H,4-6,11-12H2,1-3H3. The maximum absolute atomic E-state index is 13.1. The van der Waals surface area contributed by atoms with E-state index < -0.39 is 5.60 Å². The topological polar surface area (TPSA) is 63.9 Å². The highest BCUT2D eigenvalue weighted by molar-refractivity contribution is 5.98. The number of imidazole rings is 1. The van der Waals surface area contributed by atoms with E-state index in [4.69, 9.17) is 4.74 Å². The fraction of sp³-hybridized carbons (Fsp3) is 0.571. The monoisotopic (exact) mass is 369 g/mol. The lowest BCUT2D eigenvalue weighted by molar-refractivity contribution is -0.0260. The van der Waals surface area contributed by atoms with Crippen molar-refractivity contribution in [2.75, 3.05) is 0 Å². The number of carbonyl (C=O) groups excluding carboxylic acids is 2. The van der Waals surface area contributed by atoms with Crippen molar-refractivity contribution in [2.45, 2.75) is 70.6 Å². The Hall–Kier alpha value is -2.37. The Morgan fingerprint density at radius 1 is 1.15 bits per heavy atom. The van der Waals surface area contributed by atoms with Gasteiger partial charge in [-0.25, -0.2) is 9.78 Å². The number of ketones is 1.